The van der Waals surface area contributed by atoms with Gasteiger partial charge in [0.05, 0.1) is 5.75 Å². The van der Waals surface area contributed by atoms with Gasteiger partial charge in [-0.3, -0.25) is 4.79 Å². The molecule has 3 atom stereocenters. The van der Waals surface area contributed by atoms with Crippen molar-refractivity contribution in [3.05, 3.63) is 17.5 Å². The Morgan fingerprint density at radius 1 is 1.44 bits per heavy atom. The molecule has 140 valence electrons. The maximum absolute atomic E-state index is 12.4. The summed E-state index contributed by atoms with van der Waals surface area (Å²) in [5.41, 5.74) is 5.70. The standard InChI is InChI=1S/C16H26N4O4S/c1-10-9-20(25(22,23)6-5-17)11(2)7-13(10)18-16(21)14-8-15(24-19-14)12-3-4-12/h8,10-13H,3-7,9,17H2,1-2H3,(H,18,21)/t10-,11-,13+/m1/s1. The van der Waals surface area contributed by atoms with Crippen molar-refractivity contribution in [1.82, 2.24) is 14.8 Å². The topological polar surface area (TPSA) is 119 Å². The van der Waals surface area contributed by atoms with Gasteiger partial charge in [-0.2, -0.15) is 4.31 Å². The Morgan fingerprint density at radius 3 is 2.80 bits per heavy atom. The quantitative estimate of drug-likeness (QED) is 0.760. The van der Waals surface area contributed by atoms with Crippen LogP contribution >= 0.6 is 0 Å². The first kappa shape index (κ1) is 18.3. The molecule has 1 saturated carbocycles. The molecular weight excluding hydrogens is 344 g/mol. The molecule has 3 N–H and O–H groups in total. The lowest BCUT2D eigenvalue weighted by Crippen LogP contribution is -2.55. The van der Waals surface area contributed by atoms with E-state index in [4.69, 9.17) is 10.3 Å². The minimum atomic E-state index is -3.35. The number of nitrogens with one attached hydrogen (secondary N) is 1. The van der Waals surface area contributed by atoms with Crippen LogP contribution in [0.2, 0.25) is 0 Å². The predicted molar refractivity (Wildman–Crippen MR) is 92.5 cm³/mol. The van der Waals surface area contributed by atoms with Crippen molar-refractivity contribution >= 4 is 15.9 Å². The molecule has 2 fully saturated rings. The highest BCUT2D eigenvalue weighted by molar-refractivity contribution is 7.89. The van der Waals surface area contributed by atoms with Gasteiger partial charge in [0.1, 0.15) is 5.76 Å². The van der Waals surface area contributed by atoms with Crippen molar-refractivity contribution < 1.29 is 17.7 Å². The second-order valence-corrected chi connectivity index (χ2v) is 9.25. The summed E-state index contributed by atoms with van der Waals surface area (Å²) in [5, 5.41) is 6.84. The van der Waals surface area contributed by atoms with Gasteiger partial charge in [-0.15, -0.1) is 0 Å². The second-order valence-electron chi connectivity index (χ2n) is 7.21. The zero-order chi connectivity index (χ0) is 18.2. The Hall–Kier alpha value is -1.45. The molecule has 1 amide bonds. The molecule has 1 aromatic rings. The molecule has 1 aliphatic carbocycles. The molecule has 0 unspecified atom stereocenters. The summed E-state index contributed by atoms with van der Waals surface area (Å²) in [4.78, 5) is 12.4. The van der Waals surface area contributed by atoms with Gasteiger partial charge >= 0.3 is 0 Å². The Bertz CT molecular complexity index is 728. The third-order valence-electron chi connectivity index (χ3n) is 5.03. The van der Waals surface area contributed by atoms with Gasteiger partial charge in [0.25, 0.3) is 5.91 Å². The van der Waals surface area contributed by atoms with E-state index in [-0.39, 0.29) is 36.2 Å². The van der Waals surface area contributed by atoms with Crippen LogP contribution < -0.4 is 11.1 Å². The van der Waals surface area contributed by atoms with E-state index in [2.05, 4.69) is 10.5 Å². The van der Waals surface area contributed by atoms with Crippen LogP contribution in [0.15, 0.2) is 10.6 Å². The van der Waals surface area contributed by atoms with Crippen molar-refractivity contribution in [2.24, 2.45) is 11.7 Å². The summed E-state index contributed by atoms with van der Waals surface area (Å²) in [6.45, 7) is 4.29. The minimum absolute atomic E-state index is 0.00232. The van der Waals surface area contributed by atoms with E-state index in [1.807, 2.05) is 13.8 Å². The number of rotatable bonds is 6. The summed E-state index contributed by atoms with van der Waals surface area (Å²) < 4.78 is 31.3. The summed E-state index contributed by atoms with van der Waals surface area (Å²) in [6, 6.07) is 1.42. The molecule has 1 aromatic heterocycles. The lowest BCUT2D eigenvalue weighted by atomic mass is 9.91. The van der Waals surface area contributed by atoms with E-state index in [1.54, 1.807) is 6.07 Å². The number of hydrogen-bond donors (Lipinski definition) is 2. The fourth-order valence-electron chi connectivity index (χ4n) is 3.36. The maximum Gasteiger partial charge on any atom is 0.273 e. The molecule has 2 aliphatic rings. The fraction of sp³-hybridized carbons (Fsp3) is 0.750. The SMILES string of the molecule is C[C@@H]1CN(S(=O)(=O)CCN)[C@H](C)C[C@@H]1NC(=O)c1cc(C2CC2)on1. The van der Waals surface area contributed by atoms with Crippen LogP contribution in [-0.4, -0.2) is 54.7 Å². The Kier molecular flexibility index (Phi) is 5.17. The first-order valence-electron chi connectivity index (χ1n) is 8.79. The number of hydrogen-bond acceptors (Lipinski definition) is 6. The third kappa shape index (κ3) is 4.04. The van der Waals surface area contributed by atoms with Gasteiger partial charge in [-0.05, 0) is 32.1 Å². The summed E-state index contributed by atoms with van der Waals surface area (Å²) in [7, 11) is -3.35. The number of amides is 1. The number of piperidine rings is 1. The normalized spacial score (nSPS) is 28.0. The predicted octanol–water partition coefficient (Wildman–Crippen LogP) is 0.669. The monoisotopic (exact) mass is 370 g/mol. The molecule has 9 heteroatoms. The lowest BCUT2D eigenvalue weighted by molar-refractivity contribution is 0.0871. The van der Waals surface area contributed by atoms with Crippen molar-refractivity contribution in [2.75, 3.05) is 18.8 Å². The van der Waals surface area contributed by atoms with Crippen LogP contribution in [0.3, 0.4) is 0 Å². The van der Waals surface area contributed by atoms with E-state index >= 15 is 0 Å². The zero-order valence-corrected chi connectivity index (χ0v) is 15.5. The van der Waals surface area contributed by atoms with Crippen molar-refractivity contribution in [3.63, 3.8) is 0 Å². The van der Waals surface area contributed by atoms with E-state index in [0.29, 0.717) is 24.6 Å². The van der Waals surface area contributed by atoms with E-state index in [0.717, 1.165) is 18.6 Å². The van der Waals surface area contributed by atoms with Crippen LogP contribution in [0.4, 0.5) is 0 Å². The highest BCUT2D eigenvalue weighted by atomic mass is 32.2. The van der Waals surface area contributed by atoms with Crippen LogP contribution in [0.5, 0.6) is 0 Å². The molecule has 2 heterocycles. The molecule has 25 heavy (non-hydrogen) atoms. The highest BCUT2D eigenvalue weighted by Crippen LogP contribution is 2.40. The average Bonchev–Trinajstić information content (AvgIpc) is 3.27. The molecule has 3 rings (SSSR count). The van der Waals surface area contributed by atoms with Gasteiger partial charge in [0.15, 0.2) is 5.69 Å². The highest BCUT2D eigenvalue weighted by Gasteiger charge is 2.38. The number of nitrogens with zero attached hydrogens (tertiary/aromatic N) is 2. The first-order chi connectivity index (χ1) is 11.8. The van der Waals surface area contributed by atoms with Crippen molar-refractivity contribution in [2.45, 2.75) is 51.1 Å². The van der Waals surface area contributed by atoms with E-state index in [1.165, 1.54) is 4.31 Å². The number of nitrogens with two attached hydrogens (primary N) is 1. The van der Waals surface area contributed by atoms with Crippen LogP contribution in [0, 0.1) is 5.92 Å². The molecule has 0 bridgehead atoms. The molecule has 8 nitrogen and oxygen atoms in total. The van der Waals surface area contributed by atoms with Gasteiger partial charge in [-0.1, -0.05) is 12.1 Å². The second kappa shape index (κ2) is 7.05. The number of aromatic nitrogens is 1. The fourth-order valence-corrected chi connectivity index (χ4v) is 4.99. The number of carbonyl (C=O) groups is 1. The molecule has 1 aliphatic heterocycles. The van der Waals surface area contributed by atoms with E-state index < -0.39 is 10.0 Å². The molecular formula is C16H26N4O4S. The molecule has 0 radical (unpaired) electrons. The van der Waals surface area contributed by atoms with Crippen LogP contribution in [0.1, 0.15) is 55.3 Å². The molecule has 1 saturated heterocycles. The van der Waals surface area contributed by atoms with E-state index in [9.17, 15) is 13.2 Å². The van der Waals surface area contributed by atoms with Crippen molar-refractivity contribution in [3.8, 4) is 0 Å². The number of carbonyl (C=O) groups excluding carboxylic acids is 1. The largest absolute Gasteiger partial charge is 0.360 e. The Balaban J connectivity index is 1.62. The van der Waals surface area contributed by atoms with Crippen LogP contribution in [-0.2, 0) is 10.0 Å². The summed E-state index contributed by atoms with van der Waals surface area (Å²) >= 11 is 0. The average molecular weight is 370 g/mol. The minimum Gasteiger partial charge on any atom is -0.360 e. The third-order valence-corrected chi connectivity index (χ3v) is 7.01. The van der Waals surface area contributed by atoms with Crippen LogP contribution in [0.25, 0.3) is 0 Å². The van der Waals surface area contributed by atoms with Gasteiger partial charge in [0, 0.05) is 37.2 Å². The first-order valence-corrected chi connectivity index (χ1v) is 10.4. The van der Waals surface area contributed by atoms with Crippen molar-refractivity contribution in [1.29, 1.82) is 0 Å². The molecule has 0 aromatic carbocycles. The lowest BCUT2D eigenvalue weighted by Gasteiger charge is -2.40. The van der Waals surface area contributed by atoms with Gasteiger partial charge in [-0.25, -0.2) is 8.42 Å². The Labute approximate surface area is 148 Å². The maximum atomic E-state index is 12.4. The van der Waals surface area contributed by atoms with Gasteiger partial charge < -0.3 is 15.6 Å². The smallest absolute Gasteiger partial charge is 0.273 e. The summed E-state index contributed by atoms with van der Waals surface area (Å²) in [5.74, 6) is 0.864. The number of sulfonamides is 1. The molecule has 0 spiro atoms. The summed E-state index contributed by atoms with van der Waals surface area (Å²) in [6.07, 6.45) is 2.73. The Morgan fingerprint density at radius 2 is 2.16 bits per heavy atom. The van der Waals surface area contributed by atoms with Gasteiger partial charge in [0.2, 0.25) is 10.0 Å². The zero-order valence-electron chi connectivity index (χ0n) is 14.6.